The second kappa shape index (κ2) is 6.77. The van der Waals surface area contributed by atoms with E-state index in [-0.39, 0.29) is 11.6 Å². The van der Waals surface area contributed by atoms with E-state index in [1.807, 2.05) is 18.2 Å². The number of rotatable bonds is 5. The first-order chi connectivity index (χ1) is 9.94. The average Bonchev–Trinajstić information content (AvgIpc) is 2.45. The lowest BCUT2D eigenvalue weighted by Crippen LogP contribution is -2.39. The Bertz CT molecular complexity index is 540. The molecule has 2 rings (SSSR count). The average molecular weight is 283 g/mol. The zero-order valence-corrected chi connectivity index (χ0v) is 13.4. The Morgan fingerprint density at radius 3 is 2.14 bits per heavy atom. The molecule has 2 nitrogen and oxygen atoms in total. The fourth-order valence-electron chi connectivity index (χ4n) is 2.08. The number of hydrogen-bond acceptors (Lipinski definition) is 2. The summed E-state index contributed by atoms with van der Waals surface area (Å²) < 4.78 is 6.19. The molecular weight excluding hydrogens is 258 g/mol. The SMILES string of the molecule is Cc1ccc(OC(CNC(C)(C)C)c2ccccc2)cc1. The van der Waals surface area contributed by atoms with E-state index in [2.05, 4.69) is 69.4 Å². The molecule has 0 bridgehead atoms. The Morgan fingerprint density at radius 2 is 1.57 bits per heavy atom. The lowest BCUT2D eigenvalue weighted by Gasteiger charge is -2.26. The van der Waals surface area contributed by atoms with Gasteiger partial charge in [0, 0.05) is 12.1 Å². The van der Waals surface area contributed by atoms with Crippen LogP contribution in [-0.4, -0.2) is 12.1 Å². The van der Waals surface area contributed by atoms with Crippen molar-refractivity contribution in [2.45, 2.75) is 39.3 Å². The highest BCUT2D eigenvalue weighted by Crippen LogP contribution is 2.22. The van der Waals surface area contributed by atoms with Crippen molar-refractivity contribution in [3.63, 3.8) is 0 Å². The van der Waals surface area contributed by atoms with E-state index in [1.165, 1.54) is 11.1 Å². The highest BCUT2D eigenvalue weighted by atomic mass is 16.5. The molecule has 1 unspecified atom stereocenters. The maximum absolute atomic E-state index is 6.19. The summed E-state index contributed by atoms with van der Waals surface area (Å²) in [6, 6.07) is 18.6. The van der Waals surface area contributed by atoms with Crippen molar-refractivity contribution in [1.29, 1.82) is 0 Å². The minimum atomic E-state index is 0.00753. The van der Waals surface area contributed by atoms with Crippen LogP contribution in [0.2, 0.25) is 0 Å². The van der Waals surface area contributed by atoms with Crippen molar-refractivity contribution < 1.29 is 4.74 Å². The van der Waals surface area contributed by atoms with E-state index in [0.29, 0.717) is 0 Å². The molecule has 1 atom stereocenters. The molecule has 0 fully saturated rings. The van der Waals surface area contributed by atoms with Gasteiger partial charge in [-0.05, 0) is 45.4 Å². The van der Waals surface area contributed by atoms with Gasteiger partial charge in [0.25, 0.3) is 0 Å². The summed E-state index contributed by atoms with van der Waals surface area (Å²) in [7, 11) is 0. The lowest BCUT2D eigenvalue weighted by atomic mass is 10.1. The Morgan fingerprint density at radius 1 is 0.952 bits per heavy atom. The number of benzene rings is 2. The van der Waals surface area contributed by atoms with Gasteiger partial charge in [-0.1, -0.05) is 48.0 Å². The molecule has 112 valence electrons. The summed E-state index contributed by atoms with van der Waals surface area (Å²) in [6.07, 6.45) is 0.00753. The van der Waals surface area contributed by atoms with Crippen LogP contribution < -0.4 is 10.1 Å². The third kappa shape index (κ3) is 5.24. The van der Waals surface area contributed by atoms with Gasteiger partial charge in [0.1, 0.15) is 11.9 Å². The quantitative estimate of drug-likeness (QED) is 0.872. The van der Waals surface area contributed by atoms with Crippen LogP contribution in [0.5, 0.6) is 5.75 Å². The molecule has 0 spiro atoms. The number of ether oxygens (including phenoxy) is 1. The van der Waals surface area contributed by atoms with Crippen molar-refractivity contribution in [3.05, 3.63) is 65.7 Å². The van der Waals surface area contributed by atoms with Crippen LogP contribution in [0.4, 0.5) is 0 Å². The van der Waals surface area contributed by atoms with E-state index in [9.17, 15) is 0 Å². The molecule has 0 aromatic heterocycles. The van der Waals surface area contributed by atoms with Crippen LogP contribution >= 0.6 is 0 Å². The van der Waals surface area contributed by atoms with Crippen LogP contribution in [0.25, 0.3) is 0 Å². The fraction of sp³-hybridized carbons (Fsp3) is 0.368. The van der Waals surface area contributed by atoms with Crippen LogP contribution in [0.1, 0.15) is 38.0 Å². The predicted octanol–water partition coefficient (Wildman–Crippen LogP) is 4.50. The highest BCUT2D eigenvalue weighted by molar-refractivity contribution is 5.28. The second-order valence-electron chi connectivity index (χ2n) is 6.46. The summed E-state index contributed by atoms with van der Waals surface area (Å²) in [5, 5.41) is 3.53. The Hall–Kier alpha value is -1.80. The number of nitrogens with one attached hydrogen (secondary N) is 1. The van der Waals surface area contributed by atoms with Gasteiger partial charge in [-0.3, -0.25) is 0 Å². The van der Waals surface area contributed by atoms with Gasteiger partial charge in [0.15, 0.2) is 0 Å². The number of hydrogen-bond donors (Lipinski definition) is 1. The molecule has 2 heteroatoms. The first kappa shape index (κ1) is 15.6. The molecule has 2 aromatic carbocycles. The molecule has 0 radical (unpaired) electrons. The van der Waals surface area contributed by atoms with Gasteiger partial charge in [0.05, 0.1) is 0 Å². The molecule has 0 aliphatic carbocycles. The molecule has 1 N–H and O–H groups in total. The fourth-order valence-corrected chi connectivity index (χ4v) is 2.08. The third-order valence-corrected chi connectivity index (χ3v) is 3.29. The second-order valence-corrected chi connectivity index (χ2v) is 6.46. The van der Waals surface area contributed by atoms with Gasteiger partial charge < -0.3 is 10.1 Å². The molecule has 0 aliphatic rings. The van der Waals surface area contributed by atoms with Gasteiger partial charge >= 0.3 is 0 Å². The zero-order valence-electron chi connectivity index (χ0n) is 13.4. The molecule has 0 heterocycles. The smallest absolute Gasteiger partial charge is 0.136 e. The van der Waals surface area contributed by atoms with Gasteiger partial charge in [-0.2, -0.15) is 0 Å². The first-order valence-corrected chi connectivity index (χ1v) is 7.47. The predicted molar refractivity (Wildman–Crippen MR) is 88.7 cm³/mol. The standard InChI is InChI=1S/C19H25NO/c1-15-10-12-17(13-11-15)21-18(14-20-19(2,3)4)16-8-6-5-7-9-16/h5-13,18,20H,14H2,1-4H3. The van der Waals surface area contributed by atoms with Crippen molar-refractivity contribution in [3.8, 4) is 5.75 Å². The van der Waals surface area contributed by atoms with Gasteiger partial charge in [-0.15, -0.1) is 0 Å². The topological polar surface area (TPSA) is 21.3 Å². The number of aryl methyl sites for hydroxylation is 1. The molecule has 2 aromatic rings. The molecule has 0 saturated carbocycles. The van der Waals surface area contributed by atoms with Gasteiger partial charge in [0.2, 0.25) is 0 Å². The van der Waals surface area contributed by atoms with E-state index in [4.69, 9.17) is 4.74 Å². The van der Waals surface area contributed by atoms with Crippen LogP contribution in [-0.2, 0) is 0 Å². The molecule has 0 amide bonds. The van der Waals surface area contributed by atoms with E-state index in [1.54, 1.807) is 0 Å². The summed E-state index contributed by atoms with van der Waals surface area (Å²) in [5.74, 6) is 0.908. The highest BCUT2D eigenvalue weighted by Gasteiger charge is 2.17. The summed E-state index contributed by atoms with van der Waals surface area (Å²) >= 11 is 0. The molecular formula is C19H25NO. The molecule has 0 aliphatic heterocycles. The minimum absolute atomic E-state index is 0.00753. The normalized spacial score (nSPS) is 13.0. The lowest BCUT2D eigenvalue weighted by molar-refractivity contribution is 0.188. The van der Waals surface area contributed by atoms with Gasteiger partial charge in [-0.25, -0.2) is 0 Å². The third-order valence-electron chi connectivity index (χ3n) is 3.29. The summed E-state index contributed by atoms with van der Waals surface area (Å²) in [6.45, 7) is 9.36. The van der Waals surface area contributed by atoms with Crippen molar-refractivity contribution >= 4 is 0 Å². The van der Waals surface area contributed by atoms with E-state index in [0.717, 1.165) is 12.3 Å². The van der Waals surface area contributed by atoms with Crippen molar-refractivity contribution in [2.24, 2.45) is 0 Å². The zero-order chi connectivity index (χ0) is 15.3. The first-order valence-electron chi connectivity index (χ1n) is 7.47. The van der Waals surface area contributed by atoms with Crippen molar-refractivity contribution in [2.75, 3.05) is 6.54 Å². The Labute approximate surface area is 128 Å². The van der Waals surface area contributed by atoms with Crippen molar-refractivity contribution in [1.82, 2.24) is 5.32 Å². The maximum Gasteiger partial charge on any atom is 0.136 e. The van der Waals surface area contributed by atoms with Crippen LogP contribution in [0, 0.1) is 6.92 Å². The Balaban J connectivity index is 2.13. The minimum Gasteiger partial charge on any atom is -0.484 e. The summed E-state index contributed by atoms with van der Waals surface area (Å²) in [5.41, 5.74) is 2.50. The molecule has 21 heavy (non-hydrogen) atoms. The largest absolute Gasteiger partial charge is 0.484 e. The van der Waals surface area contributed by atoms with E-state index < -0.39 is 0 Å². The Kier molecular flexibility index (Phi) is 5.03. The monoisotopic (exact) mass is 283 g/mol. The summed E-state index contributed by atoms with van der Waals surface area (Å²) in [4.78, 5) is 0. The maximum atomic E-state index is 6.19. The van der Waals surface area contributed by atoms with E-state index >= 15 is 0 Å². The van der Waals surface area contributed by atoms with Crippen LogP contribution in [0.15, 0.2) is 54.6 Å². The van der Waals surface area contributed by atoms with Crippen LogP contribution in [0.3, 0.4) is 0 Å². The molecule has 0 saturated heterocycles.